The normalized spacial score (nSPS) is 12.5. The zero-order valence-electron chi connectivity index (χ0n) is 11.1. The van der Waals surface area contributed by atoms with Gasteiger partial charge in [0.2, 0.25) is 0 Å². The van der Waals surface area contributed by atoms with Gasteiger partial charge in [0.1, 0.15) is 6.54 Å². The van der Waals surface area contributed by atoms with Crippen LogP contribution in [-0.4, -0.2) is 23.7 Å². The van der Waals surface area contributed by atoms with Crippen LogP contribution in [0, 0.1) is 5.92 Å². The van der Waals surface area contributed by atoms with Gasteiger partial charge in [-0.15, -0.1) is 0 Å². The fraction of sp³-hybridized carbons (Fsp3) is 0.500. The number of nitrogens with zero attached hydrogens (tertiary/aromatic N) is 1. The van der Waals surface area contributed by atoms with E-state index < -0.39 is 5.97 Å². The summed E-state index contributed by atoms with van der Waals surface area (Å²) in [4.78, 5) is 12.9. The minimum Gasteiger partial charge on any atom is -0.480 e. The number of carboxylic acids is 1. The Kier molecular flexibility index (Phi) is 5.48. The maximum Gasteiger partial charge on any atom is 0.323 e. The van der Waals surface area contributed by atoms with E-state index in [2.05, 4.69) is 13.8 Å². The molecule has 0 aliphatic heterocycles. The molecule has 18 heavy (non-hydrogen) atoms. The van der Waals surface area contributed by atoms with E-state index in [1.54, 1.807) is 12.1 Å². The van der Waals surface area contributed by atoms with Gasteiger partial charge >= 0.3 is 5.97 Å². The molecular formula is C14H20ClNO2. The van der Waals surface area contributed by atoms with Crippen LogP contribution in [0.4, 0.5) is 5.69 Å². The molecule has 100 valence electrons. The van der Waals surface area contributed by atoms with Gasteiger partial charge in [-0.25, -0.2) is 0 Å². The van der Waals surface area contributed by atoms with Crippen LogP contribution in [-0.2, 0) is 4.79 Å². The molecule has 3 nitrogen and oxygen atoms in total. The van der Waals surface area contributed by atoms with E-state index in [0.717, 1.165) is 12.1 Å². The van der Waals surface area contributed by atoms with E-state index in [9.17, 15) is 4.79 Å². The van der Waals surface area contributed by atoms with Crippen molar-refractivity contribution in [3.05, 3.63) is 29.3 Å². The predicted octanol–water partition coefficient (Wildman–Crippen LogP) is 3.67. The second-order valence-electron chi connectivity index (χ2n) is 4.98. The maximum absolute atomic E-state index is 11.0. The highest BCUT2D eigenvalue weighted by Gasteiger charge is 2.18. The molecule has 0 fully saturated rings. The maximum atomic E-state index is 11.0. The third-order valence-corrected chi connectivity index (χ3v) is 3.03. The van der Waals surface area contributed by atoms with Crippen LogP contribution in [0.15, 0.2) is 24.3 Å². The zero-order chi connectivity index (χ0) is 13.7. The molecule has 0 heterocycles. The molecule has 0 saturated heterocycles. The van der Waals surface area contributed by atoms with E-state index >= 15 is 0 Å². The van der Waals surface area contributed by atoms with E-state index in [4.69, 9.17) is 16.7 Å². The standard InChI is InChI=1S/C14H20ClNO2/c1-10(2)7-11(3)16(9-14(17)18)13-6-4-5-12(15)8-13/h4-6,8,10-11H,7,9H2,1-3H3,(H,17,18). The van der Waals surface area contributed by atoms with Crippen molar-refractivity contribution in [2.45, 2.75) is 33.2 Å². The molecule has 1 N–H and O–H groups in total. The molecule has 1 atom stereocenters. The van der Waals surface area contributed by atoms with Gasteiger partial charge in [0, 0.05) is 16.8 Å². The SMILES string of the molecule is CC(C)CC(C)N(CC(=O)O)c1cccc(Cl)c1. The number of hydrogen-bond acceptors (Lipinski definition) is 2. The smallest absolute Gasteiger partial charge is 0.323 e. The predicted molar refractivity (Wildman–Crippen MR) is 75.4 cm³/mol. The summed E-state index contributed by atoms with van der Waals surface area (Å²) in [5.41, 5.74) is 0.859. The molecule has 0 aliphatic carbocycles. The van der Waals surface area contributed by atoms with Crippen molar-refractivity contribution in [2.24, 2.45) is 5.92 Å². The highest BCUT2D eigenvalue weighted by atomic mass is 35.5. The van der Waals surface area contributed by atoms with Gasteiger partial charge in [-0.2, -0.15) is 0 Å². The van der Waals surface area contributed by atoms with Crippen molar-refractivity contribution in [3.63, 3.8) is 0 Å². The lowest BCUT2D eigenvalue weighted by Gasteiger charge is -2.31. The lowest BCUT2D eigenvalue weighted by atomic mass is 10.0. The summed E-state index contributed by atoms with van der Waals surface area (Å²) in [5.74, 6) is -0.305. The molecular weight excluding hydrogens is 250 g/mol. The van der Waals surface area contributed by atoms with Gasteiger partial charge < -0.3 is 10.0 Å². The van der Waals surface area contributed by atoms with Crippen molar-refractivity contribution >= 4 is 23.3 Å². The summed E-state index contributed by atoms with van der Waals surface area (Å²) >= 11 is 5.96. The summed E-state index contributed by atoms with van der Waals surface area (Å²) in [7, 11) is 0. The van der Waals surface area contributed by atoms with Crippen molar-refractivity contribution in [3.8, 4) is 0 Å². The lowest BCUT2D eigenvalue weighted by Crippen LogP contribution is -2.38. The monoisotopic (exact) mass is 269 g/mol. The first kappa shape index (κ1) is 14.8. The number of benzene rings is 1. The average molecular weight is 270 g/mol. The number of halogens is 1. The van der Waals surface area contributed by atoms with Crippen LogP contribution in [0.3, 0.4) is 0 Å². The number of carboxylic acid groups (broad SMARTS) is 1. The number of carbonyl (C=O) groups is 1. The number of anilines is 1. The molecule has 0 bridgehead atoms. The Balaban J connectivity index is 2.93. The van der Waals surface area contributed by atoms with Gasteiger partial charge in [-0.3, -0.25) is 4.79 Å². The van der Waals surface area contributed by atoms with Crippen LogP contribution in [0.1, 0.15) is 27.2 Å². The van der Waals surface area contributed by atoms with Crippen LogP contribution in [0.5, 0.6) is 0 Å². The van der Waals surface area contributed by atoms with Gasteiger partial charge in [0.15, 0.2) is 0 Å². The van der Waals surface area contributed by atoms with Crippen molar-refractivity contribution in [2.75, 3.05) is 11.4 Å². The number of hydrogen-bond donors (Lipinski definition) is 1. The van der Waals surface area contributed by atoms with E-state index in [1.165, 1.54) is 0 Å². The molecule has 0 saturated carbocycles. The van der Waals surface area contributed by atoms with E-state index in [1.807, 2.05) is 24.0 Å². The summed E-state index contributed by atoms with van der Waals surface area (Å²) in [6.45, 7) is 6.30. The molecule has 1 rings (SSSR count). The van der Waals surface area contributed by atoms with Gasteiger partial charge in [0.05, 0.1) is 0 Å². The fourth-order valence-electron chi connectivity index (χ4n) is 2.11. The van der Waals surface area contributed by atoms with Crippen molar-refractivity contribution < 1.29 is 9.90 Å². The van der Waals surface area contributed by atoms with Gasteiger partial charge in [-0.05, 0) is 37.5 Å². The second kappa shape index (κ2) is 6.64. The third kappa shape index (κ3) is 4.57. The second-order valence-corrected chi connectivity index (χ2v) is 5.42. The summed E-state index contributed by atoms with van der Waals surface area (Å²) in [5, 5.41) is 9.65. The first-order chi connectivity index (χ1) is 8.40. The summed E-state index contributed by atoms with van der Waals surface area (Å²) in [6, 6.07) is 7.50. The minimum absolute atomic E-state index is 0.00573. The molecule has 1 aromatic rings. The summed E-state index contributed by atoms with van der Waals surface area (Å²) < 4.78 is 0. The Hall–Kier alpha value is -1.22. The quantitative estimate of drug-likeness (QED) is 0.857. The highest BCUT2D eigenvalue weighted by molar-refractivity contribution is 6.30. The molecule has 4 heteroatoms. The Morgan fingerprint density at radius 2 is 2.06 bits per heavy atom. The zero-order valence-corrected chi connectivity index (χ0v) is 11.8. The Bertz CT molecular complexity index is 407. The summed E-state index contributed by atoms with van der Waals surface area (Å²) in [6.07, 6.45) is 0.944. The van der Waals surface area contributed by atoms with E-state index in [0.29, 0.717) is 10.9 Å². The topological polar surface area (TPSA) is 40.5 Å². The molecule has 0 spiro atoms. The van der Waals surface area contributed by atoms with Crippen LogP contribution in [0.25, 0.3) is 0 Å². The molecule has 1 unspecified atom stereocenters. The average Bonchev–Trinajstić information content (AvgIpc) is 2.24. The van der Waals surface area contributed by atoms with Crippen LogP contribution in [0.2, 0.25) is 5.02 Å². The Morgan fingerprint density at radius 1 is 1.39 bits per heavy atom. The Labute approximate surface area is 113 Å². The minimum atomic E-state index is -0.828. The third-order valence-electron chi connectivity index (χ3n) is 2.79. The fourth-order valence-corrected chi connectivity index (χ4v) is 2.30. The van der Waals surface area contributed by atoms with Gasteiger partial charge in [0.25, 0.3) is 0 Å². The van der Waals surface area contributed by atoms with Crippen molar-refractivity contribution in [1.82, 2.24) is 0 Å². The largest absolute Gasteiger partial charge is 0.480 e. The molecule has 1 aromatic carbocycles. The Morgan fingerprint density at radius 3 is 2.56 bits per heavy atom. The lowest BCUT2D eigenvalue weighted by molar-refractivity contribution is -0.135. The number of rotatable bonds is 6. The van der Waals surface area contributed by atoms with Gasteiger partial charge in [-0.1, -0.05) is 31.5 Å². The number of aliphatic carboxylic acids is 1. The van der Waals surface area contributed by atoms with E-state index in [-0.39, 0.29) is 12.6 Å². The highest BCUT2D eigenvalue weighted by Crippen LogP contribution is 2.23. The molecule has 0 aromatic heterocycles. The van der Waals surface area contributed by atoms with Crippen molar-refractivity contribution in [1.29, 1.82) is 0 Å². The van der Waals surface area contributed by atoms with Crippen LogP contribution < -0.4 is 4.90 Å². The first-order valence-electron chi connectivity index (χ1n) is 6.14. The molecule has 0 aliphatic rings. The molecule has 0 radical (unpaired) electrons. The molecule has 0 amide bonds. The first-order valence-corrected chi connectivity index (χ1v) is 6.52. The van der Waals surface area contributed by atoms with Crippen LogP contribution >= 0.6 is 11.6 Å².